The number of carbonyl (C=O) groups is 2. The van der Waals surface area contributed by atoms with E-state index in [0.29, 0.717) is 22.8 Å². The first kappa shape index (κ1) is 22.8. The van der Waals surface area contributed by atoms with Crippen LogP contribution in [0.3, 0.4) is 0 Å². The average Bonchev–Trinajstić information content (AvgIpc) is 2.75. The molecule has 3 rings (SSSR count). The Labute approximate surface area is 186 Å². The molecule has 8 nitrogen and oxygen atoms in total. The molecule has 0 bridgehead atoms. The maximum absolute atomic E-state index is 12.7. The number of para-hydroxylation sites is 2. The normalized spacial score (nSPS) is 10.8. The largest absolute Gasteiger partial charge is 0.495 e. The molecule has 0 radical (unpaired) electrons. The molecule has 0 fully saturated rings. The van der Waals surface area contributed by atoms with Gasteiger partial charge >= 0.3 is 0 Å². The third kappa shape index (κ3) is 5.44. The molecule has 3 aromatic carbocycles. The van der Waals surface area contributed by atoms with Gasteiger partial charge in [0.15, 0.2) is 0 Å². The van der Waals surface area contributed by atoms with Crippen LogP contribution in [0.25, 0.3) is 0 Å². The van der Waals surface area contributed by atoms with Gasteiger partial charge in [-0.15, -0.1) is 0 Å². The second-order valence-corrected chi connectivity index (χ2v) is 8.70. The smallest absolute Gasteiger partial charge is 0.262 e. The third-order valence-corrected chi connectivity index (χ3v) is 5.89. The first-order chi connectivity index (χ1) is 15.2. The van der Waals surface area contributed by atoms with Crippen molar-refractivity contribution in [3.63, 3.8) is 0 Å². The monoisotopic (exact) mass is 453 g/mol. The molecule has 0 atom stereocenters. The average molecular weight is 454 g/mol. The van der Waals surface area contributed by atoms with Crippen molar-refractivity contribution in [2.75, 3.05) is 22.5 Å². The zero-order valence-corrected chi connectivity index (χ0v) is 18.6. The van der Waals surface area contributed by atoms with Gasteiger partial charge in [0.25, 0.3) is 15.9 Å². The fourth-order valence-corrected chi connectivity index (χ4v) is 4.04. The summed E-state index contributed by atoms with van der Waals surface area (Å²) < 4.78 is 33.1. The molecule has 166 valence electrons. The number of amides is 2. The minimum absolute atomic E-state index is 0.00514. The van der Waals surface area contributed by atoms with Crippen LogP contribution >= 0.6 is 0 Å². The standard InChI is InChI=1S/C23H23N3O5S/c1-15-8-13-19(24-16(2)27)21(14-15)25-23(28)17-9-11-18(12-10-17)32(29,30)26-20-6-4-5-7-22(20)31-3/h4-14,26H,1-3H3,(H,24,27)(H,25,28). The quantitative estimate of drug-likeness (QED) is 0.500. The second-order valence-electron chi connectivity index (χ2n) is 7.01. The SMILES string of the molecule is COc1ccccc1NS(=O)(=O)c1ccc(C(=O)Nc2cc(C)ccc2NC(C)=O)cc1. The number of hydrogen-bond donors (Lipinski definition) is 3. The van der Waals surface area contributed by atoms with Crippen molar-refractivity contribution in [1.29, 1.82) is 0 Å². The Balaban J connectivity index is 1.79. The number of ether oxygens (including phenoxy) is 1. The number of nitrogens with one attached hydrogen (secondary N) is 3. The Morgan fingerprint density at radius 3 is 2.19 bits per heavy atom. The van der Waals surface area contributed by atoms with Crippen LogP contribution < -0.4 is 20.1 Å². The van der Waals surface area contributed by atoms with Gasteiger partial charge in [-0.3, -0.25) is 14.3 Å². The molecule has 0 aliphatic carbocycles. The van der Waals surface area contributed by atoms with E-state index in [9.17, 15) is 18.0 Å². The number of rotatable bonds is 7. The first-order valence-corrected chi connectivity index (χ1v) is 11.1. The van der Waals surface area contributed by atoms with Crippen molar-refractivity contribution in [3.8, 4) is 5.75 Å². The number of hydrogen-bond acceptors (Lipinski definition) is 5. The van der Waals surface area contributed by atoms with Crippen molar-refractivity contribution >= 4 is 38.9 Å². The Hall–Kier alpha value is -3.85. The molecular weight excluding hydrogens is 430 g/mol. The summed E-state index contributed by atoms with van der Waals surface area (Å²) in [4.78, 5) is 24.1. The summed E-state index contributed by atoms with van der Waals surface area (Å²) in [5.74, 6) is -0.314. The lowest BCUT2D eigenvalue weighted by atomic mass is 10.1. The van der Waals surface area contributed by atoms with Crippen LogP contribution in [-0.2, 0) is 14.8 Å². The van der Waals surface area contributed by atoms with Crippen LogP contribution in [0.15, 0.2) is 71.6 Å². The molecule has 3 N–H and O–H groups in total. The molecule has 2 amide bonds. The predicted molar refractivity (Wildman–Crippen MR) is 124 cm³/mol. The van der Waals surface area contributed by atoms with E-state index in [4.69, 9.17) is 4.74 Å². The van der Waals surface area contributed by atoms with Crippen LogP contribution in [-0.4, -0.2) is 27.3 Å². The van der Waals surface area contributed by atoms with Crippen molar-refractivity contribution in [2.45, 2.75) is 18.7 Å². The summed E-state index contributed by atoms with van der Waals surface area (Å²) in [6.07, 6.45) is 0. The zero-order chi connectivity index (χ0) is 23.3. The maximum Gasteiger partial charge on any atom is 0.262 e. The summed E-state index contributed by atoms with van der Waals surface area (Å²) >= 11 is 0. The molecule has 9 heteroatoms. The van der Waals surface area contributed by atoms with Crippen LogP contribution in [0.1, 0.15) is 22.8 Å². The lowest BCUT2D eigenvalue weighted by Gasteiger charge is -2.13. The number of methoxy groups -OCH3 is 1. The topological polar surface area (TPSA) is 114 Å². The minimum Gasteiger partial charge on any atom is -0.495 e. The molecule has 0 spiro atoms. The van der Waals surface area contributed by atoms with Gasteiger partial charge in [0, 0.05) is 12.5 Å². The highest BCUT2D eigenvalue weighted by Crippen LogP contribution is 2.27. The number of aryl methyl sites for hydroxylation is 1. The zero-order valence-electron chi connectivity index (χ0n) is 17.8. The highest BCUT2D eigenvalue weighted by atomic mass is 32.2. The molecule has 0 saturated carbocycles. The van der Waals surface area contributed by atoms with Crippen LogP contribution in [0, 0.1) is 6.92 Å². The minimum atomic E-state index is -3.88. The fourth-order valence-electron chi connectivity index (χ4n) is 2.97. The second kappa shape index (κ2) is 9.52. The molecule has 32 heavy (non-hydrogen) atoms. The van der Waals surface area contributed by atoms with E-state index < -0.39 is 15.9 Å². The van der Waals surface area contributed by atoms with E-state index >= 15 is 0 Å². The Kier molecular flexibility index (Phi) is 6.79. The summed E-state index contributed by atoms with van der Waals surface area (Å²) in [7, 11) is -2.43. The Bertz CT molecular complexity index is 1250. The Morgan fingerprint density at radius 1 is 0.844 bits per heavy atom. The highest BCUT2D eigenvalue weighted by Gasteiger charge is 2.18. The first-order valence-electron chi connectivity index (χ1n) is 9.65. The molecule has 0 aromatic heterocycles. The highest BCUT2D eigenvalue weighted by molar-refractivity contribution is 7.92. The van der Waals surface area contributed by atoms with Crippen molar-refractivity contribution in [2.24, 2.45) is 0 Å². The van der Waals surface area contributed by atoms with Gasteiger partial charge in [0.1, 0.15) is 5.75 Å². The summed E-state index contributed by atoms with van der Waals surface area (Å²) in [6.45, 7) is 3.24. The number of sulfonamides is 1. The van der Waals surface area contributed by atoms with Gasteiger partial charge in [-0.25, -0.2) is 8.42 Å². The van der Waals surface area contributed by atoms with E-state index in [2.05, 4.69) is 15.4 Å². The van der Waals surface area contributed by atoms with E-state index in [-0.39, 0.29) is 16.4 Å². The molecule has 3 aromatic rings. The summed E-state index contributed by atoms with van der Waals surface area (Å²) in [5.41, 5.74) is 2.38. The van der Waals surface area contributed by atoms with Crippen LogP contribution in [0.5, 0.6) is 5.75 Å². The van der Waals surface area contributed by atoms with E-state index in [1.807, 2.05) is 13.0 Å². The van der Waals surface area contributed by atoms with Gasteiger partial charge in [-0.2, -0.15) is 0 Å². The molecule has 0 unspecified atom stereocenters. The predicted octanol–water partition coefficient (Wildman–Crippen LogP) is 4.02. The van der Waals surface area contributed by atoms with Gasteiger partial charge < -0.3 is 15.4 Å². The summed E-state index contributed by atoms with van der Waals surface area (Å²) in [6, 6.07) is 17.4. The lowest BCUT2D eigenvalue weighted by Crippen LogP contribution is -2.16. The summed E-state index contributed by atoms with van der Waals surface area (Å²) in [5, 5.41) is 5.42. The maximum atomic E-state index is 12.7. The number of anilines is 3. The van der Waals surface area contributed by atoms with Crippen LogP contribution in [0.4, 0.5) is 17.1 Å². The van der Waals surface area contributed by atoms with Crippen molar-refractivity contribution in [3.05, 3.63) is 77.9 Å². The van der Waals surface area contributed by atoms with Gasteiger partial charge in [-0.1, -0.05) is 18.2 Å². The van der Waals surface area contributed by atoms with E-state index in [1.165, 1.54) is 38.3 Å². The van der Waals surface area contributed by atoms with Gasteiger partial charge in [0.2, 0.25) is 5.91 Å². The lowest BCUT2D eigenvalue weighted by molar-refractivity contribution is -0.114. The fraction of sp³-hybridized carbons (Fsp3) is 0.130. The number of carbonyl (C=O) groups excluding carboxylic acids is 2. The number of benzene rings is 3. The van der Waals surface area contributed by atoms with Gasteiger partial charge in [-0.05, 0) is 61.0 Å². The van der Waals surface area contributed by atoms with Crippen LogP contribution in [0.2, 0.25) is 0 Å². The van der Waals surface area contributed by atoms with E-state index in [1.54, 1.807) is 36.4 Å². The van der Waals surface area contributed by atoms with Crippen molar-refractivity contribution in [1.82, 2.24) is 0 Å². The molecule has 0 aliphatic heterocycles. The molecule has 0 aliphatic rings. The van der Waals surface area contributed by atoms with Gasteiger partial charge in [0.05, 0.1) is 29.1 Å². The third-order valence-electron chi connectivity index (χ3n) is 4.51. The van der Waals surface area contributed by atoms with E-state index in [0.717, 1.165) is 5.56 Å². The molecule has 0 heterocycles. The molecular formula is C23H23N3O5S. The molecule has 0 saturated heterocycles. The van der Waals surface area contributed by atoms with Crippen molar-refractivity contribution < 1.29 is 22.7 Å². The Morgan fingerprint density at radius 2 is 1.53 bits per heavy atom.